The summed E-state index contributed by atoms with van der Waals surface area (Å²) in [5.41, 5.74) is 0. The molecule has 0 unspecified atom stereocenters. The maximum absolute atomic E-state index is 12.2. The molecule has 0 bridgehead atoms. The second kappa shape index (κ2) is 4.08. The Morgan fingerprint density at radius 2 is 2.50 bits per heavy atom. The van der Waals surface area contributed by atoms with Gasteiger partial charge in [0.15, 0.2) is 0 Å². The molecule has 0 N–H and O–H groups in total. The summed E-state index contributed by atoms with van der Waals surface area (Å²) in [5.74, 6) is -0.0445. The molecule has 0 spiro atoms. The van der Waals surface area contributed by atoms with Crippen LogP contribution in [-0.4, -0.2) is 35.9 Å². The number of rotatable bonds is 2. The molecular weight excluding hydrogens is 181 g/mol. The van der Waals surface area contributed by atoms with Crippen LogP contribution in [0.3, 0.4) is 0 Å². The van der Waals surface area contributed by atoms with Gasteiger partial charge in [-0.15, -0.1) is 11.6 Å². The average molecular weight is 194 g/mol. The Hall–Kier alpha value is -0.310. The molecule has 0 saturated carbocycles. The largest absolute Gasteiger partial charge is 0.341 e. The topological polar surface area (TPSA) is 20.3 Å². The van der Waals surface area contributed by atoms with E-state index in [4.69, 9.17) is 11.6 Å². The molecule has 2 atom stereocenters. The van der Waals surface area contributed by atoms with Crippen LogP contribution >= 0.6 is 11.6 Å². The first-order valence-electron chi connectivity index (χ1n) is 4.14. The summed E-state index contributed by atoms with van der Waals surface area (Å²) < 4.78 is 12.2. The molecule has 0 radical (unpaired) electrons. The zero-order chi connectivity index (χ0) is 9.14. The maximum atomic E-state index is 12.2. The van der Waals surface area contributed by atoms with E-state index in [0.717, 1.165) is 6.42 Å². The molecule has 1 amide bonds. The van der Waals surface area contributed by atoms with Gasteiger partial charge in [0, 0.05) is 19.0 Å². The third-order valence-corrected chi connectivity index (χ3v) is 2.34. The van der Waals surface area contributed by atoms with Crippen molar-refractivity contribution < 1.29 is 9.18 Å². The van der Waals surface area contributed by atoms with E-state index >= 15 is 0 Å². The molecule has 1 aliphatic rings. The lowest BCUT2D eigenvalue weighted by Crippen LogP contribution is -2.33. The third kappa shape index (κ3) is 2.09. The minimum atomic E-state index is -0.483. The first-order valence-corrected chi connectivity index (χ1v) is 4.57. The lowest BCUT2D eigenvalue weighted by atomic mass is 10.1. The number of hydrogen-bond acceptors (Lipinski definition) is 1. The fourth-order valence-corrected chi connectivity index (χ4v) is 1.55. The van der Waals surface area contributed by atoms with Gasteiger partial charge in [-0.05, 0) is 13.3 Å². The summed E-state index contributed by atoms with van der Waals surface area (Å²) in [6, 6.07) is 0. The SMILES string of the molecule is C[C@@H](Cl)C(=O)N1CC[C@H](CF)C1. The van der Waals surface area contributed by atoms with Gasteiger partial charge in [-0.1, -0.05) is 0 Å². The minimum Gasteiger partial charge on any atom is -0.341 e. The van der Waals surface area contributed by atoms with Gasteiger partial charge in [0.25, 0.3) is 0 Å². The van der Waals surface area contributed by atoms with Crippen LogP contribution in [0, 0.1) is 5.92 Å². The normalized spacial score (nSPS) is 25.9. The van der Waals surface area contributed by atoms with Crippen molar-refractivity contribution in [2.75, 3.05) is 19.8 Å². The lowest BCUT2D eigenvalue weighted by Gasteiger charge is -2.16. The van der Waals surface area contributed by atoms with E-state index in [0.29, 0.717) is 13.1 Å². The Labute approximate surface area is 76.7 Å². The summed E-state index contributed by atoms with van der Waals surface area (Å²) >= 11 is 5.61. The van der Waals surface area contributed by atoms with Gasteiger partial charge < -0.3 is 4.90 Å². The van der Waals surface area contributed by atoms with E-state index in [2.05, 4.69) is 0 Å². The highest BCUT2D eigenvalue weighted by molar-refractivity contribution is 6.30. The van der Waals surface area contributed by atoms with Gasteiger partial charge in [-0.3, -0.25) is 9.18 Å². The van der Waals surface area contributed by atoms with E-state index in [-0.39, 0.29) is 18.5 Å². The van der Waals surface area contributed by atoms with Gasteiger partial charge in [-0.25, -0.2) is 0 Å². The molecule has 1 rings (SSSR count). The van der Waals surface area contributed by atoms with Crippen molar-refractivity contribution in [3.05, 3.63) is 0 Å². The number of halogens is 2. The van der Waals surface area contributed by atoms with Crippen LogP contribution in [-0.2, 0) is 4.79 Å². The van der Waals surface area contributed by atoms with Crippen molar-refractivity contribution in [1.29, 1.82) is 0 Å². The van der Waals surface area contributed by atoms with Crippen LogP contribution in [0.15, 0.2) is 0 Å². The Bertz CT molecular complexity index is 174. The van der Waals surface area contributed by atoms with E-state index in [1.807, 2.05) is 0 Å². The van der Waals surface area contributed by atoms with Crippen molar-refractivity contribution in [1.82, 2.24) is 4.90 Å². The number of amides is 1. The van der Waals surface area contributed by atoms with Crippen molar-refractivity contribution in [2.45, 2.75) is 18.7 Å². The molecule has 12 heavy (non-hydrogen) atoms. The number of hydrogen-bond donors (Lipinski definition) is 0. The Kier molecular flexibility index (Phi) is 3.32. The van der Waals surface area contributed by atoms with Crippen LogP contribution in [0.25, 0.3) is 0 Å². The molecule has 1 heterocycles. The van der Waals surface area contributed by atoms with Crippen molar-refractivity contribution >= 4 is 17.5 Å². The summed E-state index contributed by atoms with van der Waals surface area (Å²) in [6.45, 7) is 2.50. The maximum Gasteiger partial charge on any atom is 0.240 e. The van der Waals surface area contributed by atoms with Crippen molar-refractivity contribution in [3.63, 3.8) is 0 Å². The second-order valence-corrected chi connectivity index (χ2v) is 3.86. The summed E-state index contributed by atoms with van der Waals surface area (Å²) in [5, 5.41) is -0.483. The second-order valence-electron chi connectivity index (χ2n) is 3.21. The predicted octanol–water partition coefficient (Wildman–Crippen LogP) is 1.43. The van der Waals surface area contributed by atoms with Crippen LogP contribution in [0.1, 0.15) is 13.3 Å². The van der Waals surface area contributed by atoms with Crippen LogP contribution < -0.4 is 0 Å². The highest BCUT2D eigenvalue weighted by atomic mass is 35.5. The summed E-state index contributed by atoms with van der Waals surface area (Å²) in [4.78, 5) is 12.9. The van der Waals surface area contributed by atoms with Crippen LogP contribution in [0.5, 0.6) is 0 Å². The summed E-state index contributed by atoms with van der Waals surface area (Å²) in [6.07, 6.45) is 0.770. The lowest BCUT2D eigenvalue weighted by molar-refractivity contribution is -0.129. The molecule has 2 nitrogen and oxygen atoms in total. The van der Waals surface area contributed by atoms with Gasteiger partial charge in [0.2, 0.25) is 5.91 Å². The highest BCUT2D eigenvalue weighted by Crippen LogP contribution is 2.18. The Morgan fingerprint density at radius 1 is 1.83 bits per heavy atom. The monoisotopic (exact) mass is 193 g/mol. The van der Waals surface area contributed by atoms with Gasteiger partial charge >= 0.3 is 0 Å². The third-order valence-electron chi connectivity index (χ3n) is 2.16. The fraction of sp³-hybridized carbons (Fsp3) is 0.875. The van der Waals surface area contributed by atoms with Gasteiger partial charge in [-0.2, -0.15) is 0 Å². The molecule has 0 aromatic heterocycles. The number of alkyl halides is 2. The van der Waals surface area contributed by atoms with Crippen LogP contribution in [0.4, 0.5) is 4.39 Å². The molecule has 0 aliphatic carbocycles. The van der Waals surface area contributed by atoms with Crippen LogP contribution in [0.2, 0.25) is 0 Å². The smallest absolute Gasteiger partial charge is 0.240 e. The number of carbonyl (C=O) groups is 1. The highest BCUT2D eigenvalue weighted by Gasteiger charge is 2.27. The average Bonchev–Trinajstić information content (AvgIpc) is 2.50. The first kappa shape index (κ1) is 9.78. The molecular formula is C8H13ClFNO. The van der Waals surface area contributed by atoms with E-state index in [9.17, 15) is 9.18 Å². The molecule has 1 fully saturated rings. The molecule has 4 heteroatoms. The van der Waals surface area contributed by atoms with E-state index in [1.165, 1.54) is 0 Å². The Morgan fingerprint density at radius 3 is 2.92 bits per heavy atom. The predicted molar refractivity (Wildman–Crippen MR) is 46.0 cm³/mol. The quantitative estimate of drug-likeness (QED) is 0.608. The molecule has 70 valence electrons. The van der Waals surface area contributed by atoms with E-state index < -0.39 is 5.38 Å². The zero-order valence-corrected chi connectivity index (χ0v) is 7.85. The minimum absolute atomic E-state index is 0.0318. The summed E-state index contributed by atoms with van der Waals surface area (Å²) in [7, 11) is 0. The standard InChI is InChI=1S/C8H13ClFNO/c1-6(9)8(12)11-3-2-7(4-10)5-11/h6-7H,2-5H2,1H3/t6-,7-/m1/s1. The first-order chi connectivity index (χ1) is 5.65. The molecule has 0 aromatic rings. The van der Waals surface area contributed by atoms with Crippen molar-refractivity contribution in [2.24, 2.45) is 5.92 Å². The number of nitrogens with zero attached hydrogens (tertiary/aromatic N) is 1. The van der Waals surface area contributed by atoms with Gasteiger partial charge in [0.05, 0.1) is 6.67 Å². The zero-order valence-electron chi connectivity index (χ0n) is 7.09. The van der Waals surface area contributed by atoms with Gasteiger partial charge in [0.1, 0.15) is 5.38 Å². The molecule has 1 saturated heterocycles. The molecule has 1 aliphatic heterocycles. The van der Waals surface area contributed by atoms with Crippen molar-refractivity contribution in [3.8, 4) is 0 Å². The fourth-order valence-electron chi connectivity index (χ4n) is 1.41. The Balaban J connectivity index is 2.41. The number of carbonyl (C=O) groups excluding carboxylic acids is 1. The number of likely N-dealkylation sites (tertiary alicyclic amines) is 1. The van der Waals surface area contributed by atoms with E-state index in [1.54, 1.807) is 11.8 Å². The molecule has 0 aromatic carbocycles.